The zero-order valence-corrected chi connectivity index (χ0v) is 10.1. The van der Waals surface area contributed by atoms with Gasteiger partial charge in [0.05, 0.1) is 23.7 Å². The van der Waals surface area contributed by atoms with Crippen LogP contribution in [0.2, 0.25) is 0 Å². The molecular formula is C13H15N3O2. The lowest BCUT2D eigenvalue weighted by Crippen LogP contribution is -2.37. The lowest BCUT2D eigenvalue weighted by Gasteiger charge is -2.14. The second-order valence-corrected chi connectivity index (χ2v) is 3.99. The molecule has 1 aromatic heterocycles. The van der Waals surface area contributed by atoms with Gasteiger partial charge in [-0.25, -0.2) is 0 Å². The predicted molar refractivity (Wildman–Crippen MR) is 68.2 cm³/mol. The van der Waals surface area contributed by atoms with Crippen molar-refractivity contribution in [2.45, 2.75) is 19.4 Å². The third kappa shape index (κ3) is 2.46. The highest BCUT2D eigenvalue weighted by Gasteiger charge is 2.14. The third-order valence-electron chi connectivity index (χ3n) is 2.79. The van der Waals surface area contributed by atoms with Crippen LogP contribution in [0, 0.1) is 0 Å². The lowest BCUT2D eigenvalue weighted by molar-refractivity contribution is 0.0916. The lowest BCUT2D eigenvalue weighted by atomic mass is 10.1. The Balaban J connectivity index is 2.33. The highest BCUT2D eigenvalue weighted by molar-refractivity contribution is 6.04. The van der Waals surface area contributed by atoms with Crippen molar-refractivity contribution in [3.05, 3.63) is 36.2 Å². The summed E-state index contributed by atoms with van der Waals surface area (Å²) in [5.41, 5.74) is 1.74. The second kappa shape index (κ2) is 5.55. The number of rotatable bonds is 4. The Kier molecular flexibility index (Phi) is 3.84. The molecule has 2 N–H and O–H groups in total. The van der Waals surface area contributed by atoms with Gasteiger partial charge in [-0.2, -0.15) is 0 Å². The van der Waals surface area contributed by atoms with Crippen molar-refractivity contribution < 1.29 is 9.90 Å². The second-order valence-electron chi connectivity index (χ2n) is 3.99. The van der Waals surface area contributed by atoms with Crippen molar-refractivity contribution in [2.75, 3.05) is 6.61 Å². The van der Waals surface area contributed by atoms with Crippen LogP contribution in [0.3, 0.4) is 0 Å². The van der Waals surface area contributed by atoms with Crippen LogP contribution in [-0.2, 0) is 0 Å². The van der Waals surface area contributed by atoms with Gasteiger partial charge in [-0.15, -0.1) is 0 Å². The summed E-state index contributed by atoms with van der Waals surface area (Å²) in [5, 5.41) is 11.9. The molecule has 5 nitrogen and oxygen atoms in total. The number of carbonyl (C=O) groups is 1. The molecule has 0 fully saturated rings. The molecule has 0 saturated heterocycles. The van der Waals surface area contributed by atoms with E-state index in [1.165, 1.54) is 0 Å². The molecule has 0 saturated carbocycles. The van der Waals surface area contributed by atoms with E-state index in [1.807, 2.05) is 13.0 Å². The molecule has 18 heavy (non-hydrogen) atoms. The Bertz CT molecular complexity index is 547. The number of aromatic nitrogens is 2. The first-order valence-corrected chi connectivity index (χ1v) is 5.87. The van der Waals surface area contributed by atoms with Crippen molar-refractivity contribution in [3.63, 3.8) is 0 Å². The van der Waals surface area contributed by atoms with Crippen LogP contribution >= 0.6 is 0 Å². The fourth-order valence-electron chi connectivity index (χ4n) is 1.72. The van der Waals surface area contributed by atoms with Gasteiger partial charge in [0.25, 0.3) is 5.91 Å². The highest BCUT2D eigenvalue weighted by Crippen LogP contribution is 2.13. The number of amides is 1. The van der Waals surface area contributed by atoms with Gasteiger partial charge in [-0.1, -0.05) is 13.0 Å². The summed E-state index contributed by atoms with van der Waals surface area (Å²) < 4.78 is 0. The van der Waals surface area contributed by atoms with E-state index in [0.717, 1.165) is 0 Å². The molecule has 1 atom stereocenters. The molecule has 0 unspecified atom stereocenters. The number of aliphatic hydroxyl groups excluding tert-OH is 1. The quantitative estimate of drug-likeness (QED) is 0.846. The van der Waals surface area contributed by atoms with Crippen LogP contribution in [0.1, 0.15) is 23.7 Å². The molecule has 2 aromatic rings. The number of fused-ring (bicyclic) bond motifs is 1. The van der Waals surface area contributed by atoms with Gasteiger partial charge < -0.3 is 10.4 Å². The number of nitrogens with one attached hydrogen (secondary N) is 1. The van der Waals surface area contributed by atoms with Gasteiger partial charge >= 0.3 is 0 Å². The van der Waals surface area contributed by atoms with E-state index in [-0.39, 0.29) is 18.6 Å². The van der Waals surface area contributed by atoms with E-state index in [9.17, 15) is 4.79 Å². The van der Waals surface area contributed by atoms with Gasteiger partial charge in [0.15, 0.2) is 0 Å². The van der Waals surface area contributed by atoms with Gasteiger partial charge in [0.1, 0.15) is 5.52 Å². The molecule has 0 radical (unpaired) electrons. The highest BCUT2D eigenvalue weighted by atomic mass is 16.3. The number of carbonyl (C=O) groups excluding carboxylic acids is 1. The van der Waals surface area contributed by atoms with Crippen molar-refractivity contribution >= 4 is 16.9 Å². The summed E-state index contributed by atoms with van der Waals surface area (Å²) in [6, 6.07) is 5.05. The minimum absolute atomic E-state index is 0.0707. The number of hydrogen-bond acceptors (Lipinski definition) is 4. The number of benzene rings is 1. The molecule has 5 heteroatoms. The SMILES string of the molecule is CC[C@@H](CO)NC(=O)c1cccc2nccnc12. The topological polar surface area (TPSA) is 75.1 Å². The normalized spacial score (nSPS) is 12.3. The van der Waals surface area contributed by atoms with E-state index >= 15 is 0 Å². The summed E-state index contributed by atoms with van der Waals surface area (Å²) in [5.74, 6) is -0.234. The third-order valence-corrected chi connectivity index (χ3v) is 2.79. The van der Waals surface area contributed by atoms with Crippen molar-refractivity contribution in [1.82, 2.24) is 15.3 Å². The first-order chi connectivity index (χ1) is 8.76. The monoisotopic (exact) mass is 245 g/mol. The summed E-state index contributed by atoms with van der Waals surface area (Å²) in [6.45, 7) is 1.84. The Morgan fingerprint density at radius 1 is 1.39 bits per heavy atom. The van der Waals surface area contributed by atoms with Crippen molar-refractivity contribution in [1.29, 1.82) is 0 Å². The molecule has 1 amide bonds. The van der Waals surface area contributed by atoms with Crippen molar-refractivity contribution in [2.24, 2.45) is 0 Å². The molecule has 1 heterocycles. The van der Waals surface area contributed by atoms with E-state index in [4.69, 9.17) is 5.11 Å². The maximum absolute atomic E-state index is 12.1. The van der Waals surface area contributed by atoms with Gasteiger partial charge in [0.2, 0.25) is 0 Å². The molecule has 0 aliphatic heterocycles. The summed E-state index contributed by atoms with van der Waals surface area (Å²) in [6.07, 6.45) is 3.83. The maximum Gasteiger partial charge on any atom is 0.253 e. The van der Waals surface area contributed by atoms with Crippen LogP contribution in [0.5, 0.6) is 0 Å². The minimum Gasteiger partial charge on any atom is -0.394 e. The number of nitrogens with zero attached hydrogens (tertiary/aromatic N) is 2. The summed E-state index contributed by atoms with van der Waals surface area (Å²) in [7, 11) is 0. The van der Waals surface area contributed by atoms with Crippen LogP contribution < -0.4 is 5.32 Å². The van der Waals surface area contributed by atoms with E-state index in [2.05, 4.69) is 15.3 Å². The minimum atomic E-state index is -0.234. The molecule has 1 aromatic carbocycles. The van der Waals surface area contributed by atoms with Gasteiger partial charge in [0, 0.05) is 12.4 Å². The molecule has 94 valence electrons. The van der Waals surface area contributed by atoms with Gasteiger partial charge in [-0.05, 0) is 18.6 Å². The van der Waals surface area contributed by atoms with E-state index in [1.54, 1.807) is 24.5 Å². The summed E-state index contributed by atoms with van der Waals surface area (Å²) in [4.78, 5) is 20.4. The summed E-state index contributed by atoms with van der Waals surface area (Å²) >= 11 is 0. The Morgan fingerprint density at radius 3 is 2.89 bits per heavy atom. The molecule has 2 rings (SSSR count). The van der Waals surface area contributed by atoms with E-state index in [0.29, 0.717) is 23.0 Å². The fourth-order valence-corrected chi connectivity index (χ4v) is 1.72. The van der Waals surface area contributed by atoms with Crippen LogP contribution in [-0.4, -0.2) is 33.6 Å². The standard InChI is InChI=1S/C13H15N3O2/c1-2-9(8-17)16-13(18)10-4-3-5-11-12(10)15-7-6-14-11/h3-7,9,17H,2,8H2,1H3,(H,16,18)/t9-/m0/s1. The fraction of sp³-hybridized carbons (Fsp3) is 0.308. The maximum atomic E-state index is 12.1. The zero-order valence-electron chi connectivity index (χ0n) is 10.1. The first-order valence-electron chi connectivity index (χ1n) is 5.87. The number of hydrogen-bond donors (Lipinski definition) is 2. The smallest absolute Gasteiger partial charge is 0.253 e. The molecular weight excluding hydrogens is 230 g/mol. The number of aliphatic hydroxyl groups is 1. The first kappa shape index (κ1) is 12.4. The average Bonchev–Trinajstić information content (AvgIpc) is 2.43. The van der Waals surface area contributed by atoms with Gasteiger partial charge in [-0.3, -0.25) is 14.8 Å². The molecule has 0 spiro atoms. The molecule has 0 aliphatic rings. The zero-order chi connectivity index (χ0) is 13.0. The Hall–Kier alpha value is -2.01. The van der Waals surface area contributed by atoms with E-state index < -0.39 is 0 Å². The van der Waals surface area contributed by atoms with Crippen LogP contribution in [0.25, 0.3) is 11.0 Å². The van der Waals surface area contributed by atoms with Crippen LogP contribution in [0.4, 0.5) is 0 Å². The van der Waals surface area contributed by atoms with Crippen molar-refractivity contribution in [3.8, 4) is 0 Å². The average molecular weight is 245 g/mol. The Morgan fingerprint density at radius 2 is 2.17 bits per heavy atom. The largest absolute Gasteiger partial charge is 0.394 e. The Labute approximate surface area is 105 Å². The predicted octanol–water partition coefficient (Wildman–Crippen LogP) is 1.13. The van der Waals surface area contributed by atoms with Crippen LogP contribution in [0.15, 0.2) is 30.6 Å². The molecule has 0 bridgehead atoms. The number of para-hydroxylation sites is 1. The molecule has 0 aliphatic carbocycles.